The molecule has 2 N–H and O–H groups in total. The van der Waals surface area contributed by atoms with Crippen molar-refractivity contribution in [3.8, 4) is 0 Å². The van der Waals surface area contributed by atoms with Crippen molar-refractivity contribution in [1.29, 1.82) is 0 Å². The minimum atomic E-state index is -0.171. The molecule has 1 aliphatic heterocycles. The normalized spacial score (nSPS) is 20.1. The van der Waals surface area contributed by atoms with Crippen LogP contribution in [0.3, 0.4) is 0 Å². The fourth-order valence-electron chi connectivity index (χ4n) is 2.33. The van der Waals surface area contributed by atoms with Gasteiger partial charge in [0.25, 0.3) is 0 Å². The Morgan fingerprint density at radius 3 is 3.00 bits per heavy atom. The van der Waals surface area contributed by atoms with E-state index in [1.54, 1.807) is 0 Å². The highest BCUT2D eigenvalue weighted by molar-refractivity contribution is 5.80. The minimum absolute atomic E-state index is 0.160. The number of anilines is 2. The number of hydrogen-bond donors (Lipinski definition) is 1. The van der Waals surface area contributed by atoms with Crippen LogP contribution in [0.4, 0.5) is 11.4 Å². The van der Waals surface area contributed by atoms with Gasteiger partial charge >= 0.3 is 5.97 Å². The van der Waals surface area contributed by atoms with Crippen LogP contribution in [0.15, 0.2) is 24.3 Å². The van der Waals surface area contributed by atoms with Crippen LogP contribution < -0.4 is 10.6 Å². The fraction of sp³-hybridized carbons (Fsp3) is 0.462. The van der Waals surface area contributed by atoms with Crippen molar-refractivity contribution >= 4 is 17.3 Å². The molecule has 92 valence electrons. The van der Waals surface area contributed by atoms with Gasteiger partial charge in [0.1, 0.15) is 6.04 Å². The van der Waals surface area contributed by atoms with Crippen LogP contribution in [0.1, 0.15) is 19.3 Å². The summed E-state index contributed by atoms with van der Waals surface area (Å²) in [5.41, 5.74) is 7.50. The number of nitrogens with zero attached hydrogens (tertiary/aromatic N) is 1. The summed E-state index contributed by atoms with van der Waals surface area (Å²) < 4.78 is 4.86. The molecule has 0 spiro atoms. The van der Waals surface area contributed by atoms with Crippen LogP contribution in [-0.2, 0) is 9.53 Å². The highest BCUT2D eigenvalue weighted by Gasteiger charge is 2.29. The monoisotopic (exact) mass is 234 g/mol. The number of piperidine rings is 1. The SMILES string of the molecule is COC(=O)C1CCCCN1c1cccc(N)c1. The average molecular weight is 234 g/mol. The molecular formula is C13H18N2O2. The lowest BCUT2D eigenvalue weighted by atomic mass is 10.0. The van der Waals surface area contributed by atoms with Gasteiger partial charge in [-0.15, -0.1) is 0 Å². The van der Waals surface area contributed by atoms with E-state index in [2.05, 4.69) is 4.90 Å². The Bertz CT molecular complexity index is 406. The quantitative estimate of drug-likeness (QED) is 0.626. The van der Waals surface area contributed by atoms with Gasteiger partial charge in [0.05, 0.1) is 7.11 Å². The van der Waals surface area contributed by atoms with Gasteiger partial charge < -0.3 is 15.4 Å². The zero-order valence-electron chi connectivity index (χ0n) is 10.1. The number of esters is 1. The standard InChI is InChI=1S/C13H18N2O2/c1-17-13(16)12-7-2-3-8-15(12)11-6-4-5-10(14)9-11/h4-6,9,12H,2-3,7-8,14H2,1H3. The summed E-state index contributed by atoms with van der Waals surface area (Å²) in [6, 6.07) is 7.48. The lowest BCUT2D eigenvalue weighted by molar-refractivity contribution is -0.142. The van der Waals surface area contributed by atoms with Crippen molar-refractivity contribution < 1.29 is 9.53 Å². The summed E-state index contributed by atoms with van der Waals surface area (Å²) in [4.78, 5) is 13.8. The number of nitrogens with two attached hydrogens (primary N) is 1. The van der Waals surface area contributed by atoms with Gasteiger partial charge in [-0.05, 0) is 37.5 Å². The molecule has 0 aromatic heterocycles. The molecule has 1 aromatic carbocycles. The zero-order valence-corrected chi connectivity index (χ0v) is 10.1. The van der Waals surface area contributed by atoms with Gasteiger partial charge in [-0.1, -0.05) is 6.07 Å². The van der Waals surface area contributed by atoms with Crippen LogP contribution in [-0.4, -0.2) is 25.7 Å². The Morgan fingerprint density at radius 1 is 1.47 bits per heavy atom. The van der Waals surface area contributed by atoms with Crippen molar-refractivity contribution in [1.82, 2.24) is 0 Å². The van der Waals surface area contributed by atoms with E-state index in [-0.39, 0.29) is 12.0 Å². The molecule has 1 heterocycles. The fourth-order valence-corrected chi connectivity index (χ4v) is 2.33. The first kappa shape index (κ1) is 11.8. The molecule has 0 saturated carbocycles. The highest BCUT2D eigenvalue weighted by Crippen LogP contribution is 2.26. The van der Waals surface area contributed by atoms with E-state index in [0.717, 1.165) is 37.2 Å². The van der Waals surface area contributed by atoms with Crippen LogP contribution in [0.5, 0.6) is 0 Å². The maximum atomic E-state index is 11.7. The molecule has 0 amide bonds. The summed E-state index contributed by atoms with van der Waals surface area (Å²) in [5.74, 6) is -0.160. The third kappa shape index (κ3) is 2.52. The molecule has 17 heavy (non-hydrogen) atoms. The van der Waals surface area contributed by atoms with Crippen molar-refractivity contribution in [2.45, 2.75) is 25.3 Å². The molecule has 2 rings (SSSR count). The van der Waals surface area contributed by atoms with E-state index in [1.165, 1.54) is 7.11 Å². The van der Waals surface area contributed by atoms with E-state index in [0.29, 0.717) is 0 Å². The molecule has 1 aliphatic rings. The number of rotatable bonds is 2. The summed E-state index contributed by atoms with van der Waals surface area (Å²) >= 11 is 0. The van der Waals surface area contributed by atoms with Gasteiger partial charge in [0.15, 0.2) is 0 Å². The molecule has 0 radical (unpaired) electrons. The minimum Gasteiger partial charge on any atom is -0.467 e. The summed E-state index contributed by atoms with van der Waals surface area (Å²) in [6.45, 7) is 0.878. The number of nitrogen functional groups attached to an aromatic ring is 1. The Morgan fingerprint density at radius 2 is 2.29 bits per heavy atom. The molecule has 1 atom stereocenters. The predicted molar refractivity (Wildman–Crippen MR) is 67.9 cm³/mol. The maximum absolute atomic E-state index is 11.7. The van der Waals surface area contributed by atoms with E-state index >= 15 is 0 Å². The third-order valence-corrected chi connectivity index (χ3v) is 3.18. The van der Waals surface area contributed by atoms with Crippen molar-refractivity contribution in [3.63, 3.8) is 0 Å². The Hall–Kier alpha value is -1.71. The molecule has 1 unspecified atom stereocenters. The molecule has 0 aliphatic carbocycles. The zero-order chi connectivity index (χ0) is 12.3. The first-order valence-electron chi connectivity index (χ1n) is 5.92. The van der Waals surface area contributed by atoms with Crippen LogP contribution in [0.2, 0.25) is 0 Å². The number of carbonyl (C=O) groups is 1. The van der Waals surface area contributed by atoms with Crippen molar-refractivity contribution in [3.05, 3.63) is 24.3 Å². The smallest absolute Gasteiger partial charge is 0.328 e. The lowest BCUT2D eigenvalue weighted by Gasteiger charge is -2.35. The van der Waals surface area contributed by atoms with Gasteiger partial charge in [-0.2, -0.15) is 0 Å². The molecule has 4 nitrogen and oxygen atoms in total. The van der Waals surface area contributed by atoms with E-state index in [4.69, 9.17) is 10.5 Å². The molecule has 1 fully saturated rings. The number of ether oxygens (including phenoxy) is 1. The predicted octanol–water partition coefficient (Wildman–Crippen LogP) is 1.80. The molecular weight excluding hydrogens is 216 g/mol. The van der Waals surface area contributed by atoms with E-state index < -0.39 is 0 Å². The summed E-state index contributed by atoms with van der Waals surface area (Å²) in [7, 11) is 1.44. The van der Waals surface area contributed by atoms with Crippen molar-refractivity contribution in [2.24, 2.45) is 0 Å². The first-order valence-corrected chi connectivity index (χ1v) is 5.92. The van der Waals surface area contributed by atoms with Gasteiger partial charge in [-0.25, -0.2) is 4.79 Å². The Kier molecular flexibility index (Phi) is 3.52. The second-order valence-electron chi connectivity index (χ2n) is 4.32. The number of hydrogen-bond acceptors (Lipinski definition) is 4. The molecule has 1 saturated heterocycles. The molecule has 0 bridgehead atoms. The summed E-state index contributed by atoms with van der Waals surface area (Å²) in [5, 5.41) is 0. The van der Waals surface area contributed by atoms with Gasteiger partial charge in [0, 0.05) is 17.9 Å². The first-order chi connectivity index (χ1) is 8.22. The average Bonchev–Trinajstić information content (AvgIpc) is 2.38. The largest absolute Gasteiger partial charge is 0.467 e. The van der Waals surface area contributed by atoms with Crippen LogP contribution in [0.25, 0.3) is 0 Å². The van der Waals surface area contributed by atoms with Crippen LogP contribution in [0, 0.1) is 0 Å². The van der Waals surface area contributed by atoms with Crippen LogP contribution >= 0.6 is 0 Å². The topological polar surface area (TPSA) is 55.6 Å². The maximum Gasteiger partial charge on any atom is 0.328 e. The van der Waals surface area contributed by atoms with Crippen molar-refractivity contribution in [2.75, 3.05) is 24.3 Å². The number of methoxy groups -OCH3 is 1. The highest BCUT2D eigenvalue weighted by atomic mass is 16.5. The molecule has 4 heteroatoms. The molecule has 1 aromatic rings. The lowest BCUT2D eigenvalue weighted by Crippen LogP contribution is -2.45. The van der Waals surface area contributed by atoms with Gasteiger partial charge in [-0.3, -0.25) is 0 Å². The summed E-state index contributed by atoms with van der Waals surface area (Å²) in [6.07, 6.45) is 3.02. The number of carbonyl (C=O) groups excluding carboxylic acids is 1. The Balaban J connectivity index is 2.24. The van der Waals surface area contributed by atoms with E-state index in [9.17, 15) is 4.79 Å². The third-order valence-electron chi connectivity index (χ3n) is 3.18. The second-order valence-corrected chi connectivity index (χ2v) is 4.32. The number of benzene rings is 1. The Labute approximate surface area is 101 Å². The van der Waals surface area contributed by atoms with Gasteiger partial charge in [0.2, 0.25) is 0 Å². The van der Waals surface area contributed by atoms with E-state index in [1.807, 2.05) is 24.3 Å². The second kappa shape index (κ2) is 5.08.